The maximum atomic E-state index is 12.7. The lowest BCUT2D eigenvalue weighted by atomic mass is 10.1. The van der Waals surface area contributed by atoms with E-state index in [1.165, 1.54) is 6.20 Å². The Hall–Kier alpha value is -2.48. The highest BCUT2D eigenvalue weighted by Gasteiger charge is 2.32. The van der Waals surface area contributed by atoms with Crippen LogP contribution in [0, 0.1) is 6.92 Å². The van der Waals surface area contributed by atoms with Crippen LogP contribution in [0.2, 0.25) is 0 Å². The highest BCUT2D eigenvalue weighted by Crippen LogP contribution is 2.23. The predicted octanol–water partition coefficient (Wildman–Crippen LogP) is 2.22. The third-order valence-electron chi connectivity index (χ3n) is 4.93. The first-order valence-corrected chi connectivity index (χ1v) is 10.8. The second-order valence-corrected chi connectivity index (χ2v) is 9.06. The highest BCUT2D eigenvalue weighted by molar-refractivity contribution is 7.91. The molecule has 3 rings (SSSR count). The summed E-state index contributed by atoms with van der Waals surface area (Å²) in [5, 5.41) is 2.95. The zero-order valence-corrected chi connectivity index (χ0v) is 16.6. The third kappa shape index (κ3) is 4.27. The first-order chi connectivity index (χ1) is 12.8. The van der Waals surface area contributed by atoms with Crippen molar-refractivity contribution < 1.29 is 13.2 Å². The lowest BCUT2D eigenvalue weighted by Crippen LogP contribution is -2.34. The molecular formula is C19H24N4O3S. The Labute approximate surface area is 159 Å². The minimum atomic E-state index is -3.00. The Bertz CT molecular complexity index is 959. The zero-order chi connectivity index (χ0) is 19.6. The summed E-state index contributed by atoms with van der Waals surface area (Å²) in [4.78, 5) is 23.0. The van der Waals surface area contributed by atoms with Gasteiger partial charge in [0, 0.05) is 25.0 Å². The van der Waals surface area contributed by atoms with Crippen LogP contribution in [-0.2, 0) is 16.3 Å². The van der Waals surface area contributed by atoms with Gasteiger partial charge in [0.05, 0.1) is 11.5 Å². The first kappa shape index (κ1) is 19.3. The summed E-state index contributed by atoms with van der Waals surface area (Å²) >= 11 is 0. The van der Waals surface area contributed by atoms with Gasteiger partial charge in [-0.3, -0.25) is 4.79 Å². The van der Waals surface area contributed by atoms with Crippen LogP contribution in [0.4, 0.5) is 11.6 Å². The number of para-hydroxylation sites is 1. The van der Waals surface area contributed by atoms with Gasteiger partial charge in [0.1, 0.15) is 5.69 Å². The maximum absolute atomic E-state index is 12.7. The molecule has 0 radical (unpaired) electrons. The van der Waals surface area contributed by atoms with Gasteiger partial charge in [0.2, 0.25) is 5.95 Å². The van der Waals surface area contributed by atoms with E-state index >= 15 is 0 Å². The van der Waals surface area contributed by atoms with Gasteiger partial charge in [-0.15, -0.1) is 0 Å². The minimum absolute atomic E-state index is 0.0896. The number of rotatable bonds is 5. The Kier molecular flexibility index (Phi) is 5.46. The number of carbonyl (C=O) groups excluding carboxylic acids is 1. The van der Waals surface area contributed by atoms with E-state index in [9.17, 15) is 13.2 Å². The molecular weight excluding hydrogens is 364 g/mol. The summed E-state index contributed by atoms with van der Waals surface area (Å²) in [6.07, 6.45) is 2.88. The summed E-state index contributed by atoms with van der Waals surface area (Å²) in [5.74, 6) is 0.307. The summed E-state index contributed by atoms with van der Waals surface area (Å²) in [6, 6.07) is 7.30. The monoisotopic (exact) mass is 388 g/mol. The number of benzene rings is 1. The van der Waals surface area contributed by atoms with Crippen LogP contribution in [0.15, 0.2) is 30.5 Å². The molecule has 1 aromatic carbocycles. The molecule has 1 atom stereocenters. The lowest BCUT2D eigenvalue weighted by Gasteiger charge is -2.23. The molecule has 1 fully saturated rings. The molecule has 1 N–H and O–H groups in total. The average molecular weight is 388 g/mol. The van der Waals surface area contributed by atoms with Crippen molar-refractivity contribution in [3.8, 4) is 0 Å². The molecule has 144 valence electrons. The smallest absolute Gasteiger partial charge is 0.274 e. The van der Waals surface area contributed by atoms with E-state index in [0.29, 0.717) is 12.4 Å². The molecule has 2 aromatic rings. The van der Waals surface area contributed by atoms with Crippen LogP contribution in [0.25, 0.3) is 0 Å². The van der Waals surface area contributed by atoms with Crippen molar-refractivity contribution >= 4 is 27.4 Å². The van der Waals surface area contributed by atoms with Crippen LogP contribution in [0.3, 0.4) is 0 Å². The second-order valence-electron chi connectivity index (χ2n) is 6.83. The van der Waals surface area contributed by atoms with Gasteiger partial charge in [-0.2, -0.15) is 0 Å². The number of nitrogens with one attached hydrogen (secondary N) is 1. The number of aromatic nitrogens is 2. The van der Waals surface area contributed by atoms with Crippen molar-refractivity contribution in [3.05, 3.63) is 47.3 Å². The lowest BCUT2D eigenvalue weighted by molar-refractivity contribution is 0.102. The molecule has 0 spiro atoms. The van der Waals surface area contributed by atoms with E-state index in [1.807, 2.05) is 32.0 Å². The summed E-state index contributed by atoms with van der Waals surface area (Å²) in [7, 11) is -1.24. The number of nitrogens with zero attached hydrogens (tertiary/aromatic N) is 3. The Morgan fingerprint density at radius 2 is 2.11 bits per heavy atom. The van der Waals surface area contributed by atoms with Crippen molar-refractivity contribution in [3.63, 3.8) is 0 Å². The first-order valence-electron chi connectivity index (χ1n) is 8.97. The molecule has 0 saturated carbocycles. The number of amides is 1. The van der Waals surface area contributed by atoms with Crippen LogP contribution in [0.1, 0.15) is 35.0 Å². The fraction of sp³-hybridized carbons (Fsp3) is 0.421. The molecule has 1 amide bonds. The van der Waals surface area contributed by atoms with E-state index in [0.717, 1.165) is 23.2 Å². The van der Waals surface area contributed by atoms with E-state index in [-0.39, 0.29) is 29.1 Å². The van der Waals surface area contributed by atoms with E-state index in [1.54, 1.807) is 18.0 Å². The van der Waals surface area contributed by atoms with Gasteiger partial charge in [0.25, 0.3) is 5.91 Å². The number of aryl methyl sites for hydroxylation is 2. The van der Waals surface area contributed by atoms with Crippen molar-refractivity contribution in [1.29, 1.82) is 0 Å². The Balaban J connectivity index is 1.80. The van der Waals surface area contributed by atoms with Gasteiger partial charge in [-0.25, -0.2) is 18.4 Å². The quantitative estimate of drug-likeness (QED) is 0.844. The van der Waals surface area contributed by atoms with Crippen molar-refractivity contribution in [2.75, 3.05) is 28.8 Å². The predicted molar refractivity (Wildman–Crippen MR) is 106 cm³/mol. The molecule has 1 unspecified atom stereocenters. The van der Waals surface area contributed by atoms with Crippen LogP contribution in [-0.4, -0.2) is 48.9 Å². The molecule has 1 aliphatic rings. The van der Waals surface area contributed by atoms with Gasteiger partial charge in [-0.1, -0.05) is 25.1 Å². The van der Waals surface area contributed by atoms with Crippen LogP contribution >= 0.6 is 0 Å². The molecule has 27 heavy (non-hydrogen) atoms. The Morgan fingerprint density at radius 1 is 1.33 bits per heavy atom. The highest BCUT2D eigenvalue weighted by atomic mass is 32.2. The fourth-order valence-corrected chi connectivity index (χ4v) is 5.04. The van der Waals surface area contributed by atoms with Crippen LogP contribution in [0.5, 0.6) is 0 Å². The summed E-state index contributed by atoms with van der Waals surface area (Å²) in [5.41, 5.74) is 3.11. The molecule has 0 aliphatic carbocycles. The molecule has 1 aromatic heterocycles. The molecule has 1 aliphatic heterocycles. The van der Waals surface area contributed by atoms with Gasteiger partial charge in [0.15, 0.2) is 9.84 Å². The average Bonchev–Trinajstić information content (AvgIpc) is 3.02. The second kappa shape index (κ2) is 7.64. The van der Waals surface area contributed by atoms with Crippen molar-refractivity contribution in [2.24, 2.45) is 0 Å². The third-order valence-corrected chi connectivity index (χ3v) is 6.68. The van der Waals surface area contributed by atoms with Crippen molar-refractivity contribution in [2.45, 2.75) is 32.7 Å². The molecule has 0 bridgehead atoms. The number of hydrogen-bond donors (Lipinski definition) is 1. The maximum Gasteiger partial charge on any atom is 0.274 e. The number of anilines is 2. The van der Waals surface area contributed by atoms with Gasteiger partial charge in [-0.05, 0) is 37.0 Å². The topological polar surface area (TPSA) is 92.3 Å². The van der Waals surface area contributed by atoms with Crippen molar-refractivity contribution in [1.82, 2.24) is 9.97 Å². The largest absolute Gasteiger partial charge is 0.340 e. The fourth-order valence-electron chi connectivity index (χ4n) is 3.27. The number of hydrogen-bond acceptors (Lipinski definition) is 6. The summed E-state index contributed by atoms with van der Waals surface area (Å²) in [6.45, 7) is 3.99. The SMILES string of the molecule is CCc1cccc(C)c1NC(=O)c1ccnc(N(C)C2CCS(=O)(=O)C2)n1. The molecule has 2 heterocycles. The molecule has 1 saturated heterocycles. The van der Waals surface area contributed by atoms with Gasteiger partial charge < -0.3 is 10.2 Å². The van der Waals surface area contributed by atoms with Crippen LogP contribution < -0.4 is 10.2 Å². The molecule has 8 heteroatoms. The van der Waals surface area contributed by atoms with Gasteiger partial charge >= 0.3 is 0 Å². The van der Waals surface area contributed by atoms with E-state index in [4.69, 9.17) is 0 Å². The number of carbonyl (C=O) groups is 1. The Morgan fingerprint density at radius 3 is 2.78 bits per heavy atom. The number of sulfone groups is 1. The minimum Gasteiger partial charge on any atom is -0.340 e. The standard InChI is InChI=1S/C19H24N4O3S/c1-4-14-7-5-6-13(2)17(14)22-18(24)16-8-10-20-19(21-16)23(3)15-9-11-27(25,26)12-15/h5-8,10,15H,4,9,11-12H2,1-3H3,(H,22,24). The van der Waals surface area contributed by atoms with E-state index in [2.05, 4.69) is 15.3 Å². The zero-order valence-electron chi connectivity index (χ0n) is 15.8. The normalized spacial score (nSPS) is 18.3. The summed E-state index contributed by atoms with van der Waals surface area (Å²) < 4.78 is 23.4. The van der Waals surface area contributed by atoms with E-state index < -0.39 is 9.84 Å². The molecule has 7 nitrogen and oxygen atoms in total.